The van der Waals surface area contributed by atoms with Gasteiger partial charge in [0.15, 0.2) is 0 Å². The van der Waals surface area contributed by atoms with Gasteiger partial charge in [0, 0.05) is 51.0 Å². The summed E-state index contributed by atoms with van der Waals surface area (Å²) in [6.45, 7) is 0. The molecule has 1 aromatic heterocycles. The number of fused-ring (bicyclic) bond motifs is 9. The van der Waals surface area contributed by atoms with E-state index in [0.717, 1.165) is 62.5 Å². The van der Waals surface area contributed by atoms with Crippen molar-refractivity contribution in [3.05, 3.63) is 266 Å². The molecule has 0 atom stereocenters. The van der Waals surface area contributed by atoms with Gasteiger partial charge >= 0.3 is 0 Å². The van der Waals surface area contributed by atoms with Crippen LogP contribution in [-0.4, -0.2) is 0 Å². The maximum Gasteiger partial charge on any atom is 0.137 e. The third-order valence-electron chi connectivity index (χ3n) is 14.4. The minimum Gasteiger partial charge on any atom is -0.456 e. The Balaban J connectivity index is 0.824. The lowest BCUT2D eigenvalue weighted by atomic mass is 9.98. The Kier molecular flexibility index (Phi) is 9.28. The lowest BCUT2D eigenvalue weighted by Crippen LogP contribution is -2.10. The zero-order valence-electron chi connectivity index (χ0n) is 38.3. The minimum atomic E-state index is 0.866. The predicted octanol–water partition coefficient (Wildman–Crippen LogP) is 18.9. The molecule has 3 heteroatoms. The highest BCUT2D eigenvalue weighted by molar-refractivity contribution is 6.12. The molecule has 0 bridgehead atoms. The van der Waals surface area contributed by atoms with Gasteiger partial charge in [-0.25, -0.2) is 0 Å². The first-order valence-corrected chi connectivity index (χ1v) is 24.1. The summed E-state index contributed by atoms with van der Waals surface area (Å²) in [5.41, 5.74) is 18.4. The fourth-order valence-electron chi connectivity index (χ4n) is 10.9. The van der Waals surface area contributed by atoms with Crippen LogP contribution < -0.4 is 9.80 Å². The molecule has 0 aliphatic heterocycles. The van der Waals surface area contributed by atoms with Crippen molar-refractivity contribution in [2.45, 2.75) is 6.42 Å². The molecule has 328 valence electrons. The summed E-state index contributed by atoms with van der Waals surface area (Å²) in [6, 6.07) is 92.6. The van der Waals surface area contributed by atoms with Crippen LogP contribution in [-0.2, 0) is 6.42 Å². The van der Waals surface area contributed by atoms with Crippen LogP contribution in [0.1, 0.15) is 11.1 Å². The fraction of sp³-hybridized carbons (Fsp3) is 0.0149. The number of anilines is 6. The third-order valence-corrected chi connectivity index (χ3v) is 14.4. The van der Waals surface area contributed by atoms with Crippen molar-refractivity contribution in [3.63, 3.8) is 0 Å². The fourth-order valence-corrected chi connectivity index (χ4v) is 10.9. The first-order chi connectivity index (χ1) is 34.6. The minimum absolute atomic E-state index is 0.866. The summed E-state index contributed by atoms with van der Waals surface area (Å²) in [5.74, 6) is 0. The van der Waals surface area contributed by atoms with Crippen LogP contribution >= 0.6 is 0 Å². The zero-order valence-corrected chi connectivity index (χ0v) is 38.3. The van der Waals surface area contributed by atoms with Crippen LogP contribution in [0, 0.1) is 0 Å². The van der Waals surface area contributed by atoms with Gasteiger partial charge in [0.2, 0.25) is 0 Å². The Morgan fingerprint density at radius 3 is 1.30 bits per heavy atom. The molecule has 0 spiro atoms. The third kappa shape index (κ3) is 6.90. The molecule has 70 heavy (non-hydrogen) atoms. The number of hydrogen-bond acceptors (Lipinski definition) is 3. The normalized spacial score (nSPS) is 11.9. The van der Waals surface area contributed by atoms with E-state index < -0.39 is 0 Å². The summed E-state index contributed by atoms with van der Waals surface area (Å²) in [5, 5.41) is 9.50. The summed E-state index contributed by atoms with van der Waals surface area (Å²) < 4.78 is 6.81. The van der Waals surface area contributed by atoms with Gasteiger partial charge in [-0.3, -0.25) is 0 Å². The van der Waals surface area contributed by atoms with Gasteiger partial charge in [0.1, 0.15) is 11.2 Å². The second-order valence-corrected chi connectivity index (χ2v) is 18.6. The van der Waals surface area contributed by atoms with Gasteiger partial charge < -0.3 is 14.2 Å². The number of furan rings is 1. The van der Waals surface area contributed by atoms with Crippen LogP contribution in [0.25, 0.3) is 87.6 Å². The van der Waals surface area contributed by atoms with E-state index in [1.165, 1.54) is 76.8 Å². The molecule has 0 unspecified atom stereocenters. The van der Waals surface area contributed by atoms with Crippen LogP contribution in [0.2, 0.25) is 0 Å². The van der Waals surface area contributed by atoms with E-state index >= 15 is 0 Å². The highest BCUT2D eigenvalue weighted by atomic mass is 16.3. The van der Waals surface area contributed by atoms with E-state index in [0.29, 0.717) is 0 Å². The van der Waals surface area contributed by atoms with Crippen molar-refractivity contribution in [1.29, 1.82) is 0 Å². The number of nitrogens with zero attached hydrogens (tertiary/aromatic N) is 2. The molecule has 0 radical (unpaired) electrons. The van der Waals surface area contributed by atoms with Gasteiger partial charge in [-0.2, -0.15) is 0 Å². The van der Waals surface area contributed by atoms with E-state index in [1.54, 1.807) is 0 Å². The van der Waals surface area contributed by atoms with E-state index in [4.69, 9.17) is 4.42 Å². The highest BCUT2D eigenvalue weighted by Crippen LogP contribution is 2.46. The zero-order chi connectivity index (χ0) is 46.1. The van der Waals surface area contributed by atoms with Gasteiger partial charge in [-0.1, -0.05) is 158 Å². The van der Waals surface area contributed by atoms with Gasteiger partial charge in [-0.05, 0) is 174 Å². The van der Waals surface area contributed by atoms with Crippen LogP contribution in [0.5, 0.6) is 0 Å². The van der Waals surface area contributed by atoms with Gasteiger partial charge in [0.05, 0.1) is 0 Å². The quantitative estimate of drug-likeness (QED) is 0.152. The summed E-state index contributed by atoms with van der Waals surface area (Å²) >= 11 is 0. The number of hydrogen-bond donors (Lipinski definition) is 0. The second kappa shape index (κ2) is 16.3. The molecule has 0 amide bonds. The molecular weight excluding hydrogens is 849 g/mol. The average molecular weight is 893 g/mol. The molecule has 0 saturated heterocycles. The molecular formula is C67H44N2O. The van der Waals surface area contributed by atoms with Crippen LogP contribution in [0.3, 0.4) is 0 Å². The van der Waals surface area contributed by atoms with Crippen molar-refractivity contribution in [2.24, 2.45) is 0 Å². The van der Waals surface area contributed by atoms with E-state index in [-0.39, 0.29) is 0 Å². The number of benzene rings is 12. The lowest BCUT2D eigenvalue weighted by molar-refractivity contribution is 0.669. The Labute approximate surface area is 406 Å². The van der Waals surface area contributed by atoms with Crippen molar-refractivity contribution < 1.29 is 4.42 Å². The van der Waals surface area contributed by atoms with E-state index in [9.17, 15) is 0 Å². The molecule has 0 saturated carbocycles. The maximum absolute atomic E-state index is 6.81. The second-order valence-electron chi connectivity index (χ2n) is 18.6. The monoisotopic (exact) mass is 892 g/mol. The van der Waals surface area contributed by atoms with E-state index in [2.05, 4.69) is 265 Å². The molecule has 14 rings (SSSR count). The molecule has 0 fully saturated rings. The highest BCUT2D eigenvalue weighted by Gasteiger charge is 2.24. The largest absolute Gasteiger partial charge is 0.456 e. The van der Waals surface area contributed by atoms with Crippen molar-refractivity contribution >= 4 is 88.4 Å². The molecule has 3 nitrogen and oxygen atoms in total. The summed E-state index contributed by atoms with van der Waals surface area (Å²) in [7, 11) is 0. The van der Waals surface area contributed by atoms with Gasteiger partial charge in [-0.15, -0.1) is 0 Å². The summed E-state index contributed by atoms with van der Waals surface area (Å²) in [4.78, 5) is 4.73. The maximum atomic E-state index is 6.81. The average Bonchev–Trinajstić information content (AvgIpc) is 3.96. The summed E-state index contributed by atoms with van der Waals surface area (Å²) in [6.07, 6.45) is 0.872. The molecule has 13 aromatic rings. The smallest absolute Gasteiger partial charge is 0.137 e. The molecule has 12 aromatic carbocycles. The molecule has 0 N–H and O–H groups in total. The van der Waals surface area contributed by atoms with Crippen LogP contribution in [0.15, 0.2) is 259 Å². The first-order valence-electron chi connectivity index (χ1n) is 24.1. The van der Waals surface area contributed by atoms with E-state index in [1.807, 2.05) is 0 Å². The number of rotatable bonds is 8. The van der Waals surface area contributed by atoms with Crippen molar-refractivity contribution in [3.8, 4) is 33.4 Å². The van der Waals surface area contributed by atoms with Crippen LogP contribution in [0.4, 0.5) is 34.1 Å². The topological polar surface area (TPSA) is 19.6 Å². The SMILES string of the molecule is c1ccc(-c2ccc(N(c3ccc4c(c3)Cc3cc5cc6c(cc5cc3-4)oc3cc(N(c4ccc(-c5ccccc5)cc4)c4ccc5ccccc5c4)ccc36)c3ccc4ccccc4c3)cc2)cc1. The Morgan fingerprint density at radius 1 is 0.257 bits per heavy atom. The Morgan fingerprint density at radius 2 is 0.700 bits per heavy atom. The van der Waals surface area contributed by atoms with Crippen molar-refractivity contribution in [2.75, 3.05) is 9.80 Å². The molecule has 1 aliphatic rings. The molecule has 1 heterocycles. The first kappa shape index (κ1) is 39.9. The lowest BCUT2D eigenvalue weighted by Gasteiger charge is -2.26. The predicted molar refractivity (Wildman–Crippen MR) is 295 cm³/mol. The van der Waals surface area contributed by atoms with Gasteiger partial charge in [0.25, 0.3) is 0 Å². The van der Waals surface area contributed by atoms with Crippen molar-refractivity contribution in [1.82, 2.24) is 0 Å². The Bertz CT molecular complexity index is 4140. The molecule has 1 aliphatic carbocycles. The Hall–Kier alpha value is -9.18. The standard InChI is InChI=1S/C67H44N2O/c1-3-11-44(12-4-1)48-19-25-56(26-20-48)68(58-29-23-46-15-7-9-17-50(46)37-58)60-31-33-62-55(39-60)36-54-35-52-41-65-63-34-32-61(43-67(63)70-66(65)42-53(52)40-64(54)62)69(59-30-24-47-16-8-10-18-51(47)38-59)57-27-21-49(22-28-57)45-13-5-2-6-14-45/h1-35,37-43H,36H2.